The van der Waals surface area contributed by atoms with Crippen LogP contribution < -0.4 is 0 Å². The highest BCUT2D eigenvalue weighted by Crippen LogP contribution is 2.15. The molecule has 0 aliphatic carbocycles. The summed E-state index contributed by atoms with van der Waals surface area (Å²) in [7, 11) is 1.75. The number of carbonyl (C=O) groups excluding carboxylic acids is 1. The average molecular weight is 262 g/mol. The lowest BCUT2D eigenvalue weighted by atomic mass is 10.2. The Bertz CT molecular complexity index is 354. The molecule has 0 radical (unpaired) electrons. The van der Waals surface area contributed by atoms with E-state index >= 15 is 0 Å². The molecule has 0 aliphatic heterocycles. The predicted molar refractivity (Wildman–Crippen MR) is 66.2 cm³/mol. The van der Waals surface area contributed by atoms with E-state index < -0.39 is 0 Å². The van der Waals surface area contributed by atoms with Crippen LogP contribution in [0.1, 0.15) is 35.6 Å². The molecule has 0 aliphatic rings. The number of halogens is 1. The zero-order valence-electron chi connectivity index (χ0n) is 9.73. The molecule has 1 amide bonds. The fraction of sp³-hybridized carbons (Fsp3) is 0.700. The van der Waals surface area contributed by atoms with Gasteiger partial charge in [-0.25, -0.2) is 0 Å². The largest absolute Gasteiger partial charge is 0.339 e. The van der Waals surface area contributed by atoms with Gasteiger partial charge >= 0.3 is 0 Å². The van der Waals surface area contributed by atoms with Crippen LogP contribution in [-0.4, -0.2) is 39.4 Å². The average Bonchev–Trinajstić information content (AvgIpc) is 2.64. The maximum Gasteiger partial charge on any atom is 0.267 e. The Balaban J connectivity index is 2.75. The van der Waals surface area contributed by atoms with Gasteiger partial charge in [0.2, 0.25) is 0 Å². The van der Waals surface area contributed by atoms with Crippen LogP contribution in [-0.2, 0) is 6.42 Å². The lowest BCUT2D eigenvalue weighted by Gasteiger charge is -2.17. The fourth-order valence-corrected chi connectivity index (χ4v) is 2.32. The predicted octanol–water partition coefficient (Wildman–Crippen LogP) is 2.19. The molecule has 1 atom stereocenters. The Morgan fingerprint density at radius 3 is 2.88 bits per heavy atom. The second-order valence-corrected chi connectivity index (χ2v) is 5.26. The van der Waals surface area contributed by atoms with Gasteiger partial charge in [-0.1, -0.05) is 17.8 Å². The summed E-state index contributed by atoms with van der Waals surface area (Å²) in [5, 5.41) is 3.93. The van der Waals surface area contributed by atoms with Crippen LogP contribution in [0, 0.1) is 0 Å². The summed E-state index contributed by atoms with van der Waals surface area (Å²) in [6, 6.07) is 0. The maximum atomic E-state index is 12.0. The van der Waals surface area contributed by atoms with Gasteiger partial charge in [0.15, 0.2) is 0 Å². The zero-order valence-corrected chi connectivity index (χ0v) is 11.3. The molecule has 1 unspecified atom stereocenters. The third kappa shape index (κ3) is 3.42. The Kier molecular flexibility index (Phi) is 5.15. The third-order valence-corrected chi connectivity index (χ3v) is 3.00. The van der Waals surface area contributed by atoms with E-state index in [1.165, 1.54) is 0 Å². The lowest BCUT2D eigenvalue weighted by molar-refractivity contribution is 0.0799. The number of rotatable bonds is 5. The maximum absolute atomic E-state index is 12.0. The lowest BCUT2D eigenvalue weighted by Crippen LogP contribution is -2.31. The molecule has 1 rings (SSSR count). The van der Waals surface area contributed by atoms with Crippen LogP contribution in [0.2, 0.25) is 0 Å². The van der Waals surface area contributed by atoms with Crippen molar-refractivity contribution >= 4 is 29.0 Å². The van der Waals surface area contributed by atoms with E-state index in [1.807, 2.05) is 6.92 Å². The van der Waals surface area contributed by atoms with Gasteiger partial charge in [0.1, 0.15) is 4.88 Å². The summed E-state index contributed by atoms with van der Waals surface area (Å²) in [4.78, 5) is 14.3. The van der Waals surface area contributed by atoms with E-state index in [-0.39, 0.29) is 11.3 Å². The van der Waals surface area contributed by atoms with Crippen molar-refractivity contribution in [2.75, 3.05) is 13.6 Å². The van der Waals surface area contributed by atoms with Gasteiger partial charge < -0.3 is 4.90 Å². The zero-order chi connectivity index (χ0) is 12.1. The van der Waals surface area contributed by atoms with Crippen molar-refractivity contribution in [3.8, 4) is 0 Å². The van der Waals surface area contributed by atoms with E-state index in [0.29, 0.717) is 11.4 Å². The fourth-order valence-electron chi connectivity index (χ4n) is 1.41. The minimum Gasteiger partial charge on any atom is -0.339 e. The van der Waals surface area contributed by atoms with E-state index in [4.69, 9.17) is 11.6 Å². The highest BCUT2D eigenvalue weighted by molar-refractivity contribution is 7.07. The molecule has 16 heavy (non-hydrogen) atoms. The highest BCUT2D eigenvalue weighted by Gasteiger charge is 2.20. The van der Waals surface area contributed by atoms with E-state index in [9.17, 15) is 4.79 Å². The molecule has 0 aromatic carbocycles. The minimum absolute atomic E-state index is 0.0362. The molecule has 0 N–H and O–H groups in total. The number of hydrogen-bond acceptors (Lipinski definition) is 4. The standard InChI is InChI=1S/C10H16ClN3OS/c1-4-5-8-9(16-13-12-8)10(15)14(3)6-7(2)11/h7H,4-6H2,1-3H3. The van der Waals surface area contributed by atoms with Gasteiger partial charge in [0, 0.05) is 19.0 Å². The van der Waals surface area contributed by atoms with Crippen molar-refractivity contribution in [3.63, 3.8) is 0 Å². The molecule has 1 heterocycles. The van der Waals surface area contributed by atoms with Crippen molar-refractivity contribution in [1.82, 2.24) is 14.5 Å². The van der Waals surface area contributed by atoms with Crippen molar-refractivity contribution < 1.29 is 4.79 Å². The minimum atomic E-state index is -0.0514. The Morgan fingerprint density at radius 2 is 2.31 bits per heavy atom. The van der Waals surface area contributed by atoms with Crippen molar-refractivity contribution in [2.24, 2.45) is 0 Å². The highest BCUT2D eigenvalue weighted by atomic mass is 35.5. The number of nitrogens with zero attached hydrogens (tertiary/aromatic N) is 3. The van der Waals surface area contributed by atoms with Crippen LogP contribution >= 0.6 is 23.1 Å². The molecule has 0 spiro atoms. The van der Waals surface area contributed by atoms with E-state index in [2.05, 4.69) is 16.5 Å². The smallest absolute Gasteiger partial charge is 0.267 e. The molecule has 0 fully saturated rings. The van der Waals surface area contributed by atoms with Gasteiger partial charge in [0.05, 0.1) is 5.69 Å². The Morgan fingerprint density at radius 1 is 1.62 bits per heavy atom. The van der Waals surface area contributed by atoms with Gasteiger partial charge in [-0.05, 0) is 24.9 Å². The number of aromatic nitrogens is 2. The molecule has 1 aromatic rings. The Hall–Kier alpha value is -0.680. The first-order valence-electron chi connectivity index (χ1n) is 5.27. The van der Waals surface area contributed by atoms with E-state index in [1.54, 1.807) is 11.9 Å². The molecule has 6 heteroatoms. The van der Waals surface area contributed by atoms with Gasteiger partial charge in [0.25, 0.3) is 5.91 Å². The Labute approximate surface area is 105 Å². The van der Waals surface area contributed by atoms with Crippen LogP contribution in [0.25, 0.3) is 0 Å². The number of carbonyl (C=O) groups is 1. The normalized spacial score (nSPS) is 12.5. The number of aryl methyl sites for hydroxylation is 1. The second kappa shape index (κ2) is 6.15. The molecule has 0 bridgehead atoms. The SMILES string of the molecule is CCCc1nnsc1C(=O)N(C)CC(C)Cl. The summed E-state index contributed by atoms with van der Waals surface area (Å²) >= 11 is 7.01. The number of amides is 1. The first-order valence-corrected chi connectivity index (χ1v) is 6.48. The number of hydrogen-bond donors (Lipinski definition) is 0. The van der Waals surface area contributed by atoms with Crippen molar-refractivity contribution in [2.45, 2.75) is 32.1 Å². The summed E-state index contributed by atoms with van der Waals surface area (Å²) < 4.78 is 3.83. The molecule has 0 saturated carbocycles. The third-order valence-electron chi connectivity index (χ3n) is 2.11. The van der Waals surface area contributed by atoms with Gasteiger partial charge in [-0.2, -0.15) is 0 Å². The molecule has 1 aromatic heterocycles. The van der Waals surface area contributed by atoms with Crippen LogP contribution in [0.5, 0.6) is 0 Å². The van der Waals surface area contributed by atoms with Crippen LogP contribution in [0.3, 0.4) is 0 Å². The summed E-state index contributed by atoms with van der Waals surface area (Å²) in [6.07, 6.45) is 1.75. The molecular weight excluding hydrogens is 246 g/mol. The van der Waals surface area contributed by atoms with Crippen molar-refractivity contribution in [3.05, 3.63) is 10.6 Å². The first kappa shape index (κ1) is 13.4. The van der Waals surface area contributed by atoms with E-state index in [0.717, 1.165) is 30.1 Å². The van der Waals surface area contributed by atoms with Crippen LogP contribution in [0.4, 0.5) is 0 Å². The van der Waals surface area contributed by atoms with Crippen LogP contribution in [0.15, 0.2) is 0 Å². The van der Waals surface area contributed by atoms with Crippen molar-refractivity contribution in [1.29, 1.82) is 0 Å². The summed E-state index contributed by atoms with van der Waals surface area (Å²) in [5.41, 5.74) is 0.798. The molecule has 4 nitrogen and oxygen atoms in total. The molecule has 90 valence electrons. The molecule has 0 saturated heterocycles. The topological polar surface area (TPSA) is 46.1 Å². The first-order chi connectivity index (χ1) is 7.56. The second-order valence-electron chi connectivity index (χ2n) is 3.77. The van der Waals surface area contributed by atoms with Gasteiger partial charge in [-0.15, -0.1) is 16.7 Å². The number of alkyl halides is 1. The van der Waals surface area contributed by atoms with Gasteiger partial charge in [-0.3, -0.25) is 4.79 Å². The molecular formula is C10H16ClN3OS. The summed E-state index contributed by atoms with van der Waals surface area (Å²) in [6.45, 7) is 4.45. The monoisotopic (exact) mass is 261 g/mol. The summed E-state index contributed by atoms with van der Waals surface area (Å²) in [5.74, 6) is -0.0362. The quantitative estimate of drug-likeness (QED) is 0.764.